The van der Waals surface area contributed by atoms with Gasteiger partial charge in [0.25, 0.3) is 0 Å². The Morgan fingerprint density at radius 1 is 0.870 bits per heavy atom. The van der Waals surface area contributed by atoms with Crippen molar-refractivity contribution in [3.8, 4) is 0 Å². The van der Waals surface area contributed by atoms with Crippen LogP contribution in [0.25, 0.3) is 0 Å². The molecular formula is C20H41NO2. The second-order valence-electron chi connectivity index (χ2n) is 7.55. The van der Waals surface area contributed by atoms with Gasteiger partial charge >= 0.3 is 5.97 Å². The normalized spacial score (nSPS) is 11.9. The zero-order valence-corrected chi connectivity index (χ0v) is 16.5. The van der Waals surface area contributed by atoms with E-state index in [-0.39, 0.29) is 11.4 Å². The first kappa shape index (κ1) is 22.4. The summed E-state index contributed by atoms with van der Waals surface area (Å²) in [5.41, 5.74) is -0.340. The minimum absolute atomic E-state index is 0.0402. The van der Waals surface area contributed by atoms with Crippen molar-refractivity contribution in [2.75, 3.05) is 26.7 Å². The second kappa shape index (κ2) is 13.8. The fourth-order valence-corrected chi connectivity index (χ4v) is 2.68. The van der Waals surface area contributed by atoms with Crippen LogP contribution in [0.4, 0.5) is 0 Å². The molecule has 0 N–H and O–H groups in total. The number of nitrogens with zero attached hydrogens (tertiary/aromatic N) is 1. The van der Waals surface area contributed by atoms with Gasteiger partial charge in [-0.05, 0) is 40.3 Å². The van der Waals surface area contributed by atoms with Crippen LogP contribution in [0.3, 0.4) is 0 Å². The van der Waals surface area contributed by atoms with Crippen molar-refractivity contribution in [3.63, 3.8) is 0 Å². The Kier molecular flexibility index (Phi) is 13.5. The zero-order chi connectivity index (χ0) is 17.6. The van der Waals surface area contributed by atoms with E-state index in [2.05, 4.69) is 25.8 Å². The Balaban J connectivity index is 3.68. The molecule has 0 heterocycles. The molecule has 3 heteroatoms. The zero-order valence-electron chi connectivity index (χ0n) is 16.5. The molecular weight excluding hydrogens is 286 g/mol. The molecule has 0 amide bonds. The fourth-order valence-electron chi connectivity index (χ4n) is 2.68. The van der Waals surface area contributed by atoms with Crippen molar-refractivity contribution in [2.45, 2.75) is 91.9 Å². The summed E-state index contributed by atoms with van der Waals surface area (Å²) in [4.78, 5) is 14.4. The first-order valence-corrected chi connectivity index (χ1v) is 9.79. The predicted octanol–water partition coefficient (Wildman–Crippen LogP) is 5.43. The van der Waals surface area contributed by atoms with Crippen LogP contribution in [0, 0.1) is 5.41 Å². The maximum Gasteiger partial charge on any atom is 0.311 e. The van der Waals surface area contributed by atoms with Gasteiger partial charge in [0.15, 0.2) is 0 Å². The number of ether oxygens (including phenoxy) is 1. The topological polar surface area (TPSA) is 29.5 Å². The molecule has 0 atom stereocenters. The highest BCUT2D eigenvalue weighted by molar-refractivity contribution is 5.75. The second-order valence-corrected chi connectivity index (χ2v) is 7.55. The molecule has 0 aliphatic heterocycles. The summed E-state index contributed by atoms with van der Waals surface area (Å²) in [7, 11) is 2.12. The van der Waals surface area contributed by atoms with Gasteiger partial charge in [-0.2, -0.15) is 0 Å². The monoisotopic (exact) mass is 327 g/mol. The van der Waals surface area contributed by atoms with Crippen LogP contribution in [0.5, 0.6) is 0 Å². The van der Waals surface area contributed by atoms with E-state index in [4.69, 9.17) is 4.74 Å². The molecule has 0 unspecified atom stereocenters. The van der Waals surface area contributed by atoms with Crippen LogP contribution in [0.15, 0.2) is 0 Å². The van der Waals surface area contributed by atoms with E-state index in [0.29, 0.717) is 6.61 Å². The van der Waals surface area contributed by atoms with E-state index in [1.54, 1.807) is 0 Å². The van der Waals surface area contributed by atoms with E-state index < -0.39 is 0 Å². The average Bonchev–Trinajstić information content (AvgIpc) is 2.50. The number of carbonyl (C=O) groups excluding carboxylic acids is 1. The van der Waals surface area contributed by atoms with Crippen LogP contribution >= 0.6 is 0 Å². The average molecular weight is 328 g/mol. The minimum Gasteiger partial charge on any atom is -0.464 e. The van der Waals surface area contributed by atoms with Crippen molar-refractivity contribution >= 4 is 5.97 Å². The lowest BCUT2D eigenvalue weighted by molar-refractivity contribution is -0.154. The lowest BCUT2D eigenvalue weighted by Crippen LogP contribution is -2.30. The Bertz CT molecular complexity index is 289. The third-order valence-corrected chi connectivity index (χ3v) is 4.56. The van der Waals surface area contributed by atoms with Gasteiger partial charge in [0.2, 0.25) is 0 Å². The number of carbonyl (C=O) groups is 1. The number of esters is 1. The number of likely N-dealkylation sites (N-methyl/N-ethyl adjacent to an activating group) is 1. The van der Waals surface area contributed by atoms with E-state index in [1.807, 2.05) is 13.8 Å². The lowest BCUT2D eigenvalue weighted by atomic mass is 9.87. The van der Waals surface area contributed by atoms with Gasteiger partial charge in [0, 0.05) is 6.54 Å². The number of rotatable bonds is 15. The summed E-state index contributed by atoms with van der Waals surface area (Å²) < 4.78 is 5.49. The van der Waals surface area contributed by atoms with Crippen molar-refractivity contribution in [3.05, 3.63) is 0 Å². The van der Waals surface area contributed by atoms with E-state index >= 15 is 0 Å². The van der Waals surface area contributed by atoms with Crippen LogP contribution in [0.1, 0.15) is 91.9 Å². The summed E-state index contributed by atoms with van der Waals surface area (Å²) in [6.07, 6.45) is 12.4. The van der Waals surface area contributed by atoms with Crippen molar-refractivity contribution in [2.24, 2.45) is 5.41 Å². The molecule has 23 heavy (non-hydrogen) atoms. The Hall–Kier alpha value is -0.570. The number of hydrogen-bond donors (Lipinski definition) is 0. The fraction of sp³-hybridized carbons (Fsp3) is 0.950. The van der Waals surface area contributed by atoms with Crippen LogP contribution in [-0.2, 0) is 9.53 Å². The standard InChI is InChI=1S/C20H41NO2/c1-6-8-10-11-12-14-16-21(5)17-18-23-19(22)20(3,4)15-13-9-7-2/h6-18H2,1-5H3. The lowest BCUT2D eigenvalue weighted by Gasteiger charge is -2.23. The van der Waals surface area contributed by atoms with Crippen LogP contribution in [0.2, 0.25) is 0 Å². The van der Waals surface area contributed by atoms with Gasteiger partial charge in [-0.25, -0.2) is 0 Å². The largest absolute Gasteiger partial charge is 0.464 e. The van der Waals surface area contributed by atoms with Crippen LogP contribution < -0.4 is 0 Å². The van der Waals surface area contributed by atoms with Gasteiger partial charge in [-0.1, -0.05) is 65.2 Å². The maximum absolute atomic E-state index is 12.2. The first-order chi connectivity index (χ1) is 10.9. The Morgan fingerprint density at radius 3 is 2.09 bits per heavy atom. The van der Waals surface area contributed by atoms with Crippen molar-refractivity contribution < 1.29 is 9.53 Å². The Labute approximate surface area is 145 Å². The molecule has 0 bridgehead atoms. The molecule has 0 aromatic heterocycles. The Morgan fingerprint density at radius 2 is 1.43 bits per heavy atom. The quantitative estimate of drug-likeness (QED) is 0.297. The smallest absolute Gasteiger partial charge is 0.311 e. The van der Waals surface area contributed by atoms with Crippen molar-refractivity contribution in [1.82, 2.24) is 4.90 Å². The molecule has 138 valence electrons. The molecule has 0 rings (SSSR count). The molecule has 0 fully saturated rings. The van der Waals surface area contributed by atoms with E-state index in [9.17, 15) is 4.79 Å². The number of hydrogen-bond acceptors (Lipinski definition) is 3. The van der Waals surface area contributed by atoms with Gasteiger partial charge in [-0.15, -0.1) is 0 Å². The van der Waals surface area contributed by atoms with Gasteiger partial charge in [-0.3, -0.25) is 4.79 Å². The summed E-state index contributed by atoms with van der Waals surface area (Å²) in [6, 6.07) is 0. The SMILES string of the molecule is CCCCCCCCN(C)CCOC(=O)C(C)(C)CCCCC. The summed E-state index contributed by atoms with van der Waals surface area (Å²) in [6.45, 7) is 10.9. The van der Waals surface area contributed by atoms with Gasteiger partial charge < -0.3 is 9.64 Å². The third kappa shape index (κ3) is 12.5. The third-order valence-electron chi connectivity index (χ3n) is 4.56. The molecule has 0 radical (unpaired) electrons. The maximum atomic E-state index is 12.2. The summed E-state index contributed by atoms with van der Waals surface area (Å²) in [5.74, 6) is -0.0402. The highest BCUT2D eigenvalue weighted by atomic mass is 16.5. The predicted molar refractivity (Wildman–Crippen MR) is 99.8 cm³/mol. The van der Waals surface area contributed by atoms with Gasteiger partial charge in [0.1, 0.15) is 6.61 Å². The summed E-state index contributed by atoms with van der Waals surface area (Å²) in [5, 5.41) is 0. The molecule has 0 aromatic rings. The molecule has 0 aliphatic rings. The molecule has 0 saturated carbocycles. The van der Waals surface area contributed by atoms with Crippen LogP contribution in [-0.4, -0.2) is 37.6 Å². The molecule has 3 nitrogen and oxygen atoms in total. The molecule has 0 aromatic carbocycles. The van der Waals surface area contributed by atoms with E-state index in [1.165, 1.54) is 51.4 Å². The minimum atomic E-state index is -0.340. The summed E-state index contributed by atoms with van der Waals surface area (Å²) >= 11 is 0. The first-order valence-electron chi connectivity index (χ1n) is 9.79. The van der Waals surface area contributed by atoms with E-state index in [0.717, 1.165) is 25.9 Å². The molecule has 0 aliphatic carbocycles. The highest BCUT2D eigenvalue weighted by Gasteiger charge is 2.28. The van der Waals surface area contributed by atoms with Crippen molar-refractivity contribution in [1.29, 1.82) is 0 Å². The highest BCUT2D eigenvalue weighted by Crippen LogP contribution is 2.25. The molecule has 0 spiro atoms. The van der Waals surface area contributed by atoms with Gasteiger partial charge in [0.05, 0.1) is 5.41 Å². The number of unbranched alkanes of at least 4 members (excludes halogenated alkanes) is 7. The molecule has 0 saturated heterocycles.